The number of amides is 1. The van der Waals surface area contributed by atoms with E-state index in [-0.39, 0.29) is 11.7 Å². The molecule has 1 amide bonds. The number of ketones is 1. The number of carbonyl (C=O) groups excluding carboxylic acids is 2. The van der Waals surface area contributed by atoms with Gasteiger partial charge >= 0.3 is 0 Å². The Morgan fingerprint density at radius 3 is 2.71 bits per heavy atom. The molecule has 2 aliphatic rings. The number of hydrogen-bond donors (Lipinski definition) is 1. The Hall–Kier alpha value is -3.44. The van der Waals surface area contributed by atoms with Crippen LogP contribution in [0.15, 0.2) is 67.0 Å². The molecule has 1 aromatic heterocycles. The number of carbonyl (C=O) groups is 2. The van der Waals surface area contributed by atoms with Crippen LogP contribution in [0.4, 0.5) is 17.1 Å². The third-order valence-electron chi connectivity index (χ3n) is 4.95. The molecule has 0 spiro atoms. The van der Waals surface area contributed by atoms with Crippen molar-refractivity contribution in [3.05, 3.63) is 88.7 Å². The molecular formula is C22H14ClN3O2. The van der Waals surface area contributed by atoms with E-state index in [4.69, 9.17) is 11.6 Å². The zero-order valence-electron chi connectivity index (χ0n) is 14.6. The number of fused-ring (bicyclic) bond motifs is 1. The van der Waals surface area contributed by atoms with Crippen LogP contribution in [0, 0.1) is 0 Å². The van der Waals surface area contributed by atoms with Crippen molar-refractivity contribution in [1.82, 2.24) is 4.98 Å². The van der Waals surface area contributed by atoms with Crippen molar-refractivity contribution in [3.63, 3.8) is 0 Å². The number of halogens is 1. The van der Waals surface area contributed by atoms with Crippen LogP contribution in [0.3, 0.4) is 0 Å². The Morgan fingerprint density at radius 2 is 1.93 bits per heavy atom. The average Bonchev–Trinajstić information content (AvgIpc) is 2.70. The van der Waals surface area contributed by atoms with Crippen molar-refractivity contribution in [2.45, 2.75) is 6.04 Å². The summed E-state index contributed by atoms with van der Waals surface area (Å²) in [5, 5.41) is 3.73. The maximum absolute atomic E-state index is 13.5. The van der Waals surface area contributed by atoms with E-state index in [0.717, 1.165) is 11.3 Å². The molecule has 1 unspecified atom stereocenters. The number of pyridine rings is 1. The average molecular weight is 388 g/mol. The number of Topliss-reactive ketones (excluding diaryl/α,β-unsaturated/α-hetero) is 1. The van der Waals surface area contributed by atoms with Crippen LogP contribution in [-0.4, -0.2) is 22.7 Å². The normalized spacial score (nSPS) is 17.0. The van der Waals surface area contributed by atoms with E-state index >= 15 is 0 Å². The van der Waals surface area contributed by atoms with Crippen molar-refractivity contribution in [2.24, 2.45) is 0 Å². The summed E-state index contributed by atoms with van der Waals surface area (Å²) in [7, 11) is 0. The molecule has 1 atom stereocenters. The molecule has 1 aliphatic carbocycles. The molecular weight excluding hydrogens is 374 g/mol. The molecule has 0 radical (unpaired) electrons. The smallest absolute Gasteiger partial charge is 0.262 e. The van der Waals surface area contributed by atoms with E-state index in [1.54, 1.807) is 48.8 Å². The van der Waals surface area contributed by atoms with E-state index in [0.29, 0.717) is 27.5 Å². The SMILES string of the molecule is O=C1c2c3ccc(Nc4cccnc4)c2C(=O)N(c2cccc(Cl)c2)C1C=C3. The van der Waals surface area contributed by atoms with Crippen molar-refractivity contribution in [2.75, 3.05) is 10.2 Å². The second kappa shape index (κ2) is 6.32. The van der Waals surface area contributed by atoms with Gasteiger partial charge in [0, 0.05) is 22.5 Å². The van der Waals surface area contributed by atoms with Crippen molar-refractivity contribution in [3.8, 4) is 0 Å². The highest BCUT2D eigenvalue weighted by molar-refractivity contribution is 6.31. The van der Waals surface area contributed by atoms with Gasteiger partial charge in [-0.1, -0.05) is 35.9 Å². The van der Waals surface area contributed by atoms with Crippen LogP contribution >= 0.6 is 11.6 Å². The molecule has 28 heavy (non-hydrogen) atoms. The summed E-state index contributed by atoms with van der Waals surface area (Å²) in [4.78, 5) is 32.3. The zero-order valence-corrected chi connectivity index (χ0v) is 15.4. The molecule has 0 saturated carbocycles. The Morgan fingerprint density at radius 1 is 1.04 bits per heavy atom. The quantitative estimate of drug-likeness (QED) is 0.706. The van der Waals surface area contributed by atoms with Crippen LogP contribution in [0.25, 0.3) is 6.08 Å². The molecule has 3 aromatic rings. The van der Waals surface area contributed by atoms with Crippen molar-refractivity contribution < 1.29 is 9.59 Å². The first-order valence-corrected chi connectivity index (χ1v) is 9.17. The van der Waals surface area contributed by atoms with Gasteiger partial charge in [-0.05, 0) is 42.0 Å². The standard InChI is InChI=1S/C22H14ClN3O2/c23-14-3-1-5-16(11-14)26-18-9-7-13-6-8-17(25-15-4-2-10-24-12-15)20(22(26)28)19(13)21(18)27/h1-12,18,25H. The van der Waals surface area contributed by atoms with Crippen LogP contribution in [0.5, 0.6) is 0 Å². The molecule has 2 heterocycles. The molecule has 1 aliphatic heterocycles. The lowest BCUT2D eigenvalue weighted by atomic mass is 9.83. The summed E-state index contributed by atoms with van der Waals surface area (Å²) in [6.07, 6.45) is 7.00. The minimum atomic E-state index is -0.667. The van der Waals surface area contributed by atoms with Gasteiger partial charge in [0.05, 0.1) is 23.1 Å². The van der Waals surface area contributed by atoms with Gasteiger partial charge in [-0.3, -0.25) is 19.5 Å². The number of nitrogens with one attached hydrogen (secondary N) is 1. The lowest BCUT2D eigenvalue weighted by molar-refractivity contribution is 0.0886. The third kappa shape index (κ3) is 2.52. The zero-order chi connectivity index (χ0) is 19.3. The number of nitrogens with zero attached hydrogens (tertiary/aromatic N) is 2. The molecule has 5 nitrogen and oxygen atoms in total. The van der Waals surface area contributed by atoms with Gasteiger partial charge in [-0.25, -0.2) is 0 Å². The molecule has 0 saturated heterocycles. The molecule has 136 valence electrons. The summed E-state index contributed by atoms with van der Waals surface area (Å²) in [5.41, 5.74) is 3.49. The van der Waals surface area contributed by atoms with Crippen LogP contribution in [0.2, 0.25) is 5.02 Å². The fraction of sp³-hybridized carbons (Fsp3) is 0.0455. The van der Waals surface area contributed by atoms with Gasteiger partial charge in [0.2, 0.25) is 0 Å². The maximum Gasteiger partial charge on any atom is 0.262 e. The van der Waals surface area contributed by atoms with Crippen molar-refractivity contribution >= 4 is 46.4 Å². The fourth-order valence-electron chi connectivity index (χ4n) is 3.73. The Balaban J connectivity index is 1.69. The number of rotatable bonds is 3. The summed E-state index contributed by atoms with van der Waals surface area (Å²) < 4.78 is 0. The van der Waals surface area contributed by atoms with E-state index in [2.05, 4.69) is 10.3 Å². The Labute approximate surface area is 166 Å². The molecule has 0 fully saturated rings. The number of benzene rings is 2. The minimum absolute atomic E-state index is 0.0955. The predicted molar refractivity (Wildman–Crippen MR) is 109 cm³/mol. The first kappa shape index (κ1) is 16.7. The summed E-state index contributed by atoms with van der Waals surface area (Å²) >= 11 is 6.13. The lowest BCUT2D eigenvalue weighted by Gasteiger charge is -2.37. The van der Waals surface area contributed by atoms with E-state index < -0.39 is 6.04 Å². The lowest BCUT2D eigenvalue weighted by Crippen LogP contribution is -2.50. The van der Waals surface area contributed by atoms with Crippen LogP contribution in [-0.2, 0) is 0 Å². The molecule has 1 N–H and O–H groups in total. The monoisotopic (exact) mass is 387 g/mol. The van der Waals surface area contributed by atoms with E-state index in [9.17, 15) is 9.59 Å². The van der Waals surface area contributed by atoms with E-state index in [1.165, 1.54) is 4.90 Å². The summed E-state index contributed by atoms with van der Waals surface area (Å²) in [6.45, 7) is 0. The topological polar surface area (TPSA) is 62.3 Å². The number of hydrogen-bond acceptors (Lipinski definition) is 4. The third-order valence-corrected chi connectivity index (χ3v) is 5.18. The van der Waals surface area contributed by atoms with Crippen LogP contribution in [0.1, 0.15) is 26.3 Å². The number of aromatic nitrogens is 1. The summed E-state index contributed by atoms with van der Waals surface area (Å²) in [6, 6.07) is 13.6. The van der Waals surface area contributed by atoms with E-state index in [1.807, 2.05) is 24.3 Å². The highest BCUT2D eigenvalue weighted by atomic mass is 35.5. The first-order valence-electron chi connectivity index (χ1n) is 8.79. The Bertz CT molecular complexity index is 1160. The van der Waals surface area contributed by atoms with Crippen molar-refractivity contribution in [1.29, 1.82) is 0 Å². The van der Waals surface area contributed by atoms with Gasteiger partial charge in [0.15, 0.2) is 5.78 Å². The summed E-state index contributed by atoms with van der Waals surface area (Å²) in [5.74, 6) is -0.332. The number of anilines is 3. The largest absolute Gasteiger partial charge is 0.354 e. The molecule has 2 aromatic carbocycles. The highest BCUT2D eigenvalue weighted by Crippen LogP contribution is 2.39. The van der Waals surface area contributed by atoms with Gasteiger partial charge in [-0.2, -0.15) is 0 Å². The highest BCUT2D eigenvalue weighted by Gasteiger charge is 2.42. The molecule has 2 bridgehead atoms. The second-order valence-corrected chi connectivity index (χ2v) is 7.08. The Kier molecular flexibility index (Phi) is 3.77. The van der Waals surface area contributed by atoms with Crippen LogP contribution < -0.4 is 10.2 Å². The predicted octanol–water partition coefficient (Wildman–Crippen LogP) is 4.72. The second-order valence-electron chi connectivity index (χ2n) is 6.64. The van der Waals surface area contributed by atoms with Gasteiger partial charge in [0.25, 0.3) is 5.91 Å². The van der Waals surface area contributed by atoms with Gasteiger partial charge in [-0.15, -0.1) is 0 Å². The molecule has 5 rings (SSSR count). The molecule has 6 heteroatoms. The fourth-order valence-corrected chi connectivity index (χ4v) is 3.91. The van der Waals surface area contributed by atoms with Gasteiger partial charge < -0.3 is 5.32 Å². The first-order chi connectivity index (χ1) is 13.6. The minimum Gasteiger partial charge on any atom is -0.354 e. The van der Waals surface area contributed by atoms with Gasteiger partial charge in [0.1, 0.15) is 6.04 Å². The maximum atomic E-state index is 13.5.